The Morgan fingerprint density at radius 3 is 2.64 bits per heavy atom. The van der Waals surface area contributed by atoms with Crippen LogP contribution in [0, 0.1) is 5.92 Å². The molecule has 122 valence electrons. The van der Waals surface area contributed by atoms with E-state index in [1.54, 1.807) is 0 Å². The van der Waals surface area contributed by atoms with E-state index in [9.17, 15) is 0 Å². The Morgan fingerprint density at radius 1 is 1.27 bits per heavy atom. The minimum absolute atomic E-state index is 0.00596. The van der Waals surface area contributed by atoms with Gasteiger partial charge in [0.2, 0.25) is 0 Å². The van der Waals surface area contributed by atoms with Crippen LogP contribution in [0.5, 0.6) is 0 Å². The molecular weight excluding hydrogens is 274 g/mol. The highest BCUT2D eigenvalue weighted by molar-refractivity contribution is 5.80. The van der Waals surface area contributed by atoms with Crippen LogP contribution >= 0.6 is 0 Å². The molecule has 0 saturated carbocycles. The summed E-state index contributed by atoms with van der Waals surface area (Å²) < 4.78 is 5.93. The highest BCUT2D eigenvalue weighted by Crippen LogP contribution is 2.34. The highest BCUT2D eigenvalue weighted by Gasteiger charge is 2.29. The average Bonchev–Trinajstić information content (AvgIpc) is 2.93. The van der Waals surface area contributed by atoms with Crippen LogP contribution in [0.25, 0.3) is 0 Å². The normalized spacial score (nSPS) is 22.6. The van der Waals surface area contributed by atoms with Gasteiger partial charge in [0.15, 0.2) is 5.96 Å². The summed E-state index contributed by atoms with van der Waals surface area (Å²) in [6.45, 7) is 11.0. The van der Waals surface area contributed by atoms with E-state index in [-0.39, 0.29) is 11.6 Å². The highest BCUT2D eigenvalue weighted by atomic mass is 16.5. The molecule has 1 aromatic carbocycles. The lowest BCUT2D eigenvalue weighted by Crippen LogP contribution is -2.47. The molecule has 1 saturated heterocycles. The Hall–Kier alpha value is -1.55. The van der Waals surface area contributed by atoms with Crippen molar-refractivity contribution in [3.05, 3.63) is 35.9 Å². The molecular formula is C18H29N3O. The van der Waals surface area contributed by atoms with E-state index in [1.807, 2.05) is 6.07 Å². The number of hydrogen-bond donors (Lipinski definition) is 2. The fraction of sp³-hybridized carbons (Fsp3) is 0.611. The van der Waals surface area contributed by atoms with Crippen LogP contribution < -0.4 is 10.6 Å². The van der Waals surface area contributed by atoms with Crippen molar-refractivity contribution in [2.45, 2.75) is 45.8 Å². The Bertz CT molecular complexity index is 479. The van der Waals surface area contributed by atoms with Gasteiger partial charge in [-0.1, -0.05) is 30.3 Å². The molecule has 0 aliphatic carbocycles. The lowest BCUT2D eigenvalue weighted by Gasteiger charge is -2.24. The molecule has 4 nitrogen and oxygen atoms in total. The number of guanidine groups is 1. The molecule has 0 amide bonds. The van der Waals surface area contributed by atoms with E-state index in [2.05, 4.69) is 62.6 Å². The molecule has 22 heavy (non-hydrogen) atoms. The molecule has 1 aliphatic heterocycles. The first kappa shape index (κ1) is 16.8. The van der Waals surface area contributed by atoms with Gasteiger partial charge in [-0.3, -0.25) is 4.99 Å². The average molecular weight is 303 g/mol. The van der Waals surface area contributed by atoms with Crippen molar-refractivity contribution in [2.24, 2.45) is 10.9 Å². The first-order valence-corrected chi connectivity index (χ1v) is 8.22. The van der Waals surface area contributed by atoms with Gasteiger partial charge in [-0.2, -0.15) is 0 Å². The number of aliphatic imine (C=N–C) groups is 1. The van der Waals surface area contributed by atoms with Crippen LogP contribution in [0.1, 0.15) is 45.8 Å². The fourth-order valence-electron chi connectivity index (χ4n) is 2.70. The lowest BCUT2D eigenvalue weighted by atomic mass is 9.95. The van der Waals surface area contributed by atoms with Crippen LogP contribution in [0.15, 0.2) is 35.3 Å². The van der Waals surface area contributed by atoms with Gasteiger partial charge in [-0.25, -0.2) is 0 Å². The van der Waals surface area contributed by atoms with Crippen LogP contribution in [-0.2, 0) is 4.74 Å². The van der Waals surface area contributed by atoms with Gasteiger partial charge in [0.05, 0.1) is 6.10 Å². The minimum Gasteiger partial charge on any atom is -0.373 e. The largest absolute Gasteiger partial charge is 0.373 e. The first-order valence-electron chi connectivity index (χ1n) is 8.22. The Labute approximate surface area is 134 Å². The Morgan fingerprint density at radius 2 is 2.00 bits per heavy atom. The summed E-state index contributed by atoms with van der Waals surface area (Å²) in [5.41, 5.74) is 1.26. The first-order chi connectivity index (χ1) is 10.5. The third kappa shape index (κ3) is 5.02. The predicted molar refractivity (Wildman–Crippen MR) is 92.1 cm³/mol. The summed E-state index contributed by atoms with van der Waals surface area (Å²) in [5, 5.41) is 6.75. The second-order valence-corrected chi connectivity index (χ2v) is 6.85. The molecule has 1 fully saturated rings. The maximum absolute atomic E-state index is 5.93. The van der Waals surface area contributed by atoms with Gasteiger partial charge >= 0.3 is 0 Å². The van der Waals surface area contributed by atoms with Crippen LogP contribution in [0.4, 0.5) is 0 Å². The molecule has 0 aromatic heterocycles. The van der Waals surface area contributed by atoms with Crippen molar-refractivity contribution in [1.29, 1.82) is 0 Å². The van der Waals surface area contributed by atoms with E-state index in [1.165, 1.54) is 5.56 Å². The molecule has 2 unspecified atom stereocenters. The molecule has 0 spiro atoms. The Kier molecular flexibility index (Phi) is 5.83. The van der Waals surface area contributed by atoms with Crippen molar-refractivity contribution in [1.82, 2.24) is 10.6 Å². The maximum atomic E-state index is 5.93. The third-order valence-corrected chi connectivity index (χ3v) is 3.66. The molecule has 4 heteroatoms. The SMILES string of the molecule is CCNC(=NCC1CCOC1c1ccccc1)NC(C)(C)C. The topological polar surface area (TPSA) is 45.7 Å². The molecule has 1 aromatic rings. The third-order valence-electron chi connectivity index (χ3n) is 3.66. The number of hydrogen-bond acceptors (Lipinski definition) is 2. The van der Waals surface area contributed by atoms with Gasteiger partial charge < -0.3 is 15.4 Å². The summed E-state index contributed by atoms with van der Waals surface area (Å²) in [7, 11) is 0. The predicted octanol–water partition coefficient (Wildman–Crippen LogP) is 3.12. The summed E-state index contributed by atoms with van der Waals surface area (Å²) in [5.74, 6) is 1.33. The number of benzene rings is 1. The molecule has 2 rings (SSSR count). The monoisotopic (exact) mass is 303 g/mol. The quantitative estimate of drug-likeness (QED) is 0.663. The van der Waals surface area contributed by atoms with Gasteiger partial charge in [-0.15, -0.1) is 0 Å². The van der Waals surface area contributed by atoms with E-state index < -0.39 is 0 Å². The smallest absolute Gasteiger partial charge is 0.191 e. The zero-order valence-corrected chi connectivity index (χ0v) is 14.2. The van der Waals surface area contributed by atoms with Crippen LogP contribution in [-0.4, -0.2) is 31.2 Å². The maximum Gasteiger partial charge on any atom is 0.191 e. The van der Waals surface area contributed by atoms with Crippen LogP contribution in [0.3, 0.4) is 0 Å². The second-order valence-electron chi connectivity index (χ2n) is 6.85. The molecule has 2 N–H and O–H groups in total. The number of nitrogens with zero attached hydrogens (tertiary/aromatic N) is 1. The molecule has 0 bridgehead atoms. The molecule has 0 radical (unpaired) electrons. The van der Waals surface area contributed by atoms with Crippen LogP contribution in [0.2, 0.25) is 0 Å². The van der Waals surface area contributed by atoms with E-state index in [0.717, 1.165) is 32.1 Å². The summed E-state index contributed by atoms with van der Waals surface area (Å²) in [6, 6.07) is 10.5. The lowest BCUT2D eigenvalue weighted by molar-refractivity contribution is 0.0925. The summed E-state index contributed by atoms with van der Waals surface area (Å²) in [6.07, 6.45) is 1.24. The summed E-state index contributed by atoms with van der Waals surface area (Å²) in [4.78, 5) is 4.77. The standard InChI is InChI=1S/C18H29N3O/c1-5-19-17(21-18(2,3)4)20-13-15-11-12-22-16(15)14-9-7-6-8-10-14/h6-10,15-16H,5,11-13H2,1-4H3,(H2,19,20,21). The fourth-order valence-corrected chi connectivity index (χ4v) is 2.70. The van der Waals surface area contributed by atoms with E-state index in [0.29, 0.717) is 5.92 Å². The second kappa shape index (κ2) is 7.63. The van der Waals surface area contributed by atoms with Crippen molar-refractivity contribution < 1.29 is 4.74 Å². The molecule has 2 atom stereocenters. The summed E-state index contributed by atoms with van der Waals surface area (Å²) >= 11 is 0. The van der Waals surface area contributed by atoms with Gasteiger partial charge in [0.1, 0.15) is 0 Å². The van der Waals surface area contributed by atoms with Gasteiger partial charge in [0, 0.05) is 31.2 Å². The van der Waals surface area contributed by atoms with Gasteiger partial charge in [-0.05, 0) is 39.7 Å². The number of ether oxygens (including phenoxy) is 1. The van der Waals surface area contributed by atoms with Crippen molar-refractivity contribution >= 4 is 5.96 Å². The van der Waals surface area contributed by atoms with Gasteiger partial charge in [0.25, 0.3) is 0 Å². The molecule has 1 aliphatic rings. The number of nitrogens with one attached hydrogen (secondary N) is 2. The number of rotatable bonds is 4. The zero-order chi connectivity index (χ0) is 16.0. The van der Waals surface area contributed by atoms with E-state index >= 15 is 0 Å². The zero-order valence-electron chi connectivity index (χ0n) is 14.2. The minimum atomic E-state index is 0.00596. The van der Waals surface area contributed by atoms with Crippen molar-refractivity contribution in [3.8, 4) is 0 Å². The van der Waals surface area contributed by atoms with Crippen molar-refractivity contribution in [2.75, 3.05) is 19.7 Å². The van der Waals surface area contributed by atoms with E-state index in [4.69, 9.17) is 9.73 Å². The van der Waals surface area contributed by atoms with Crippen molar-refractivity contribution in [3.63, 3.8) is 0 Å². The molecule has 1 heterocycles. The Balaban J connectivity index is 2.02.